The van der Waals surface area contributed by atoms with Crippen LogP contribution < -0.4 is 0 Å². The van der Waals surface area contributed by atoms with Crippen molar-refractivity contribution >= 4 is 10.4 Å². The van der Waals surface area contributed by atoms with E-state index in [0.717, 1.165) is 0 Å². The fourth-order valence-electron chi connectivity index (χ4n) is 1.32. The molecule has 8 heteroatoms. The van der Waals surface area contributed by atoms with Crippen LogP contribution in [-0.2, 0) is 19.3 Å². The molecule has 7 nitrogen and oxygen atoms in total. The van der Waals surface area contributed by atoms with Crippen LogP contribution in [0.15, 0.2) is 0 Å². The average Bonchev–Trinajstić information content (AvgIpc) is 2.09. The van der Waals surface area contributed by atoms with Gasteiger partial charge in [0.05, 0.1) is 18.8 Å². The van der Waals surface area contributed by atoms with E-state index >= 15 is 0 Å². The Balaban J connectivity index is 2.45. The molecular formula is C7H14O7S. The van der Waals surface area contributed by atoms with Crippen LogP contribution >= 0.6 is 0 Å². The lowest BCUT2D eigenvalue weighted by atomic mass is 9.95. The summed E-state index contributed by atoms with van der Waals surface area (Å²) in [6.45, 7) is 1.18. The summed E-state index contributed by atoms with van der Waals surface area (Å²) >= 11 is 0. The third-order valence-corrected chi connectivity index (χ3v) is 2.73. The topological polar surface area (TPSA) is 113 Å². The zero-order valence-corrected chi connectivity index (χ0v) is 8.92. The van der Waals surface area contributed by atoms with Gasteiger partial charge in [0, 0.05) is 12.3 Å². The molecule has 0 amide bonds. The highest BCUT2D eigenvalue weighted by molar-refractivity contribution is 7.80. The molecule has 1 rings (SSSR count). The molecule has 0 radical (unpaired) electrons. The zero-order chi connectivity index (χ0) is 11.6. The molecule has 0 aromatic carbocycles. The van der Waals surface area contributed by atoms with Gasteiger partial charge in [-0.3, -0.25) is 4.55 Å². The third-order valence-electron chi connectivity index (χ3n) is 2.30. The maximum Gasteiger partial charge on any atom is 0.397 e. The van der Waals surface area contributed by atoms with Crippen LogP contribution in [0.3, 0.4) is 0 Å². The number of aliphatic hydroxyl groups excluding tert-OH is 2. The first-order valence-electron chi connectivity index (χ1n) is 4.43. The molecule has 4 atom stereocenters. The van der Waals surface area contributed by atoms with Gasteiger partial charge in [0.25, 0.3) is 0 Å². The van der Waals surface area contributed by atoms with Crippen molar-refractivity contribution in [2.24, 2.45) is 5.92 Å². The Kier molecular flexibility index (Phi) is 4.04. The summed E-state index contributed by atoms with van der Waals surface area (Å²) in [5.74, 6) is -0.438. The normalized spacial score (nSPS) is 37.9. The van der Waals surface area contributed by atoms with E-state index in [2.05, 4.69) is 4.18 Å². The van der Waals surface area contributed by atoms with Gasteiger partial charge in [-0.1, -0.05) is 6.92 Å². The minimum Gasteiger partial charge on any atom is -0.393 e. The summed E-state index contributed by atoms with van der Waals surface area (Å²) in [6, 6.07) is 0. The largest absolute Gasteiger partial charge is 0.397 e. The minimum atomic E-state index is -4.52. The Labute approximate surface area is 87.6 Å². The molecule has 0 saturated carbocycles. The predicted octanol–water partition coefficient (Wildman–Crippen LogP) is -1.09. The van der Waals surface area contributed by atoms with Gasteiger partial charge in [-0.05, 0) is 0 Å². The van der Waals surface area contributed by atoms with Crippen molar-refractivity contribution < 1.29 is 32.1 Å². The molecule has 1 aliphatic heterocycles. The fourth-order valence-corrected chi connectivity index (χ4v) is 1.64. The van der Waals surface area contributed by atoms with Gasteiger partial charge in [-0.2, -0.15) is 8.42 Å². The van der Waals surface area contributed by atoms with Gasteiger partial charge in [0.15, 0.2) is 6.29 Å². The Bertz CT molecular complexity index is 288. The molecule has 0 aromatic heterocycles. The first-order valence-corrected chi connectivity index (χ1v) is 5.79. The van der Waals surface area contributed by atoms with E-state index in [1.807, 2.05) is 0 Å². The van der Waals surface area contributed by atoms with E-state index in [9.17, 15) is 18.6 Å². The number of rotatable bonds is 3. The van der Waals surface area contributed by atoms with Crippen LogP contribution in [0.25, 0.3) is 0 Å². The quantitative estimate of drug-likeness (QED) is 0.539. The van der Waals surface area contributed by atoms with Gasteiger partial charge in [0.2, 0.25) is 0 Å². The first-order chi connectivity index (χ1) is 6.79. The molecule has 1 heterocycles. The van der Waals surface area contributed by atoms with Crippen LogP contribution in [0.2, 0.25) is 0 Å². The van der Waals surface area contributed by atoms with Crippen molar-refractivity contribution in [2.45, 2.75) is 31.8 Å². The number of hydrogen-bond acceptors (Lipinski definition) is 6. The summed E-state index contributed by atoms with van der Waals surface area (Å²) in [5, 5.41) is 18.7. The summed E-state index contributed by atoms with van der Waals surface area (Å²) in [7, 11) is -4.52. The first kappa shape index (κ1) is 12.8. The highest BCUT2D eigenvalue weighted by Crippen LogP contribution is 2.24. The second kappa shape index (κ2) is 4.73. The number of hydrogen-bond donors (Lipinski definition) is 3. The van der Waals surface area contributed by atoms with E-state index in [0.29, 0.717) is 0 Å². The lowest BCUT2D eigenvalue weighted by Gasteiger charge is -2.34. The molecule has 1 saturated heterocycles. The van der Waals surface area contributed by atoms with Crippen molar-refractivity contribution in [2.75, 3.05) is 6.61 Å². The van der Waals surface area contributed by atoms with Crippen molar-refractivity contribution in [1.82, 2.24) is 0 Å². The summed E-state index contributed by atoms with van der Waals surface area (Å²) in [5.41, 5.74) is 0. The van der Waals surface area contributed by atoms with E-state index < -0.39 is 41.4 Å². The van der Waals surface area contributed by atoms with Crippen molar-refractivity contribution in [3.63, 3.8) is 0 Å². The maximum absolute atomic E-state index is 10.3. The zero-order valence-electron chi connectivity index (χ0n) is 8.11. The predicted molar refractivity (Wildman–Crippen MR) is 48.2 cm³/mol. The molecule has 3 N–H and O–H groups in total. The van der Waals surface area contributed by atoms with E-state index in [1.165, 1.54) is 0 Å². The minimum absolute atomic E-state index is 0.147. The SMILES string of the molecule is CC1[C@H](O)CC(COS(=O)(=O)O)O[C@@H]1O. The monoisotopic (exact) mass is 242 g/mol. The van der Waals surface area contributed by atoms with E-state index in [-0.39, 0.29) is 6.42 Å². The molecule has 0 aromatic rings. The average molecular weight is 242 g/mol. The summed E-state index contributed by atoms with van der Waals surface area (Å²) in [6.07, 6.45) is -2.56. The van der Waals surface area contributed by atoms with E-state index in [4.69, 9.17) is 9.29 Å². The van der Waals surface area contributed by atoms with Crippen LogP contribution in [0.4, 0.5) is 0 Å². The molecule has 0 aliphatic carbocycles. The van der Waals surface area contributed by atoms with Crippen molar-refractivity contribution in [3.05, 3.63) is 0 Å². The van der Waals surface area contributed by atoms with Gasteiger partial charge >= 0.3 is 10.4 Å². The van der Waals surface area contributed by atoms with Crippen molar-refractivity contribution in [1.29, 1.82) is 0 Å². The van der Waals surface area contributed by atoms with Gasteiger partial charge < -0.3 is 14.9 Å². The highest BCUT2D eigenvalue weighted by atomic mass is 32.3. The molecule has 2 unspecified atom stereocenters. The standard InChI is InChI=1S/C7H14O7S/c1-4-6(8)2-5(14-7(4)9)3-13-15(10,11)12/h4-9H,2-3H2,1H3,(H,10,11,12)/t4?,5?,6-,7+/m1/s1. The van der Waals surface area contributed by atoms with Gasteiger partial charge in [0.1, 0.15) is 0 Å². The lowest BCUT2D eigenvalue weighted by Crippen LogP contribution is -2.44. The molecule has 0 spiro atoms. The smallest absolute Gasteiger partial charge is 0.393 e. The molecule has 1 aliphatic rings. The maximum atomic E-state index is 10.3. The fraction of sp³-hybridized carbons (Fsp3) is 1.00. The van der Waals surface area contributed by atoms with Crippen LogP contribution in [0.1, 0.15) is 13.3 Å². The Morgan fingerprint density at radius 1 is 1.47 bits per heavy atom. The van der Waals surface area contributed by atoms with Crippen LogP contribution in [0.5, 0.6) is 0 Å². The third kappa shape index (κ3) is 4.01. The molecular weight excluding hydrogens is 228 g/mol. The Morgan fingerprint density at radius 3 is 2.53 bits per heavy atom. The van der Waals surface area contributed by atoms with Gasteiger partial charge in [-0.25, -0.2) is 4.18 Å². The molecule has 90 valence electrons. The Morgan fingerprint density at radius 2 is 2.07 bits per heavy atom. The van der Waals surface area contributed by atoms with Crippen LogP contribution in [-0.4, -0.2) is 48.3 Å². The Hall–Kier alpha value is -0.250. The second-order valence-corrected chi connectivity index (χ2v) is 4.61. The van der Waals surface area contributed by atoms with E-state index in [1.54, 1.807) is 6.92 Å². The number of ether oxygens (including phenoxy) is 1. The second-order valence-electron chi connectivity index (χ2n) is 3.52. The highest BCUT2D eigenvalue weighted by Gasteiger charge is 2.34. The molecule has 1 fully saturated rings. The molecule has 15 heavy (non-hydrogen) atoms. The van der Waals surface area contributed by atoms with Gasteiger partial charge in [-0.15, -0.1) is 0 Å². The van der Waals surface area contributed by atoms with Crippen molar-refractivity contribution in [3.8, 4) is 0 Å². The summed E-state index contributed by atoms with van der Waals surface area (Å²) in [4.78, 5) is 0. The summed E-state index contributed by atoms with van der Waals surface area (Å²) < 4.78 is 37.9. The molecule has 0 bridgehead atoms. The lowest BCUT2D eigenvalue weighted by molar-refractivity contribution is -0.225. The number of aliphatic hydroxyl groups is 2. The van der Waals surface area contributed by atoms with Crippen LogP contribution in [0, 0.1) is 5.92 Å².